The van der Waals surface area contributed by atoms with Crippen molar-refractivity contribution in [2.75, 3.05) is 13.2 Å². The van der Waals surface area contributed by atoms with Gasteiger partial charge in [-0.1, -0.05) is 29.8 Å². The Morgan fingerprint density at radius 2 is 2.00 bits per heavy atom. The molecule has 1 saturated heterocycles. The van der Waals surface area contributed by atoms with Gasteiger partial charge in [0.05, 0.1) is 12.1 Å². The molecule has 2 heteroatoms. The number of ether oxygens (including phenoxy) is 1. The summed E-state index contributed by atoms with van der Waals surface area (Å²) >= 11 is 0. The van der Waals surface area contributed by atoms with Crippen molar-refractivity contribution in [2.45, 2.75) is 51.6 Å². The summed E-state index contributed by atoms with van der Waals surface area (Å²) in [5.74, 6) is 1.37. The molecule has 19 heavy (non-hydrogen) atoms. The highest BCUT2D eigenvalue weighted by molar-refractivity contribution is 5.25. The van der Waals surface area contributed by atoms with E-state index in [9.17, 15) is 0 Å². The largest absolute Gasteiger partial charge is 0.376 e. The van der Waals surface area contributed by atoms with Crippen molar-refractivity contribution >= 4 is 0 Å². The van der Waals surface area contributed by atoms with Crippen LogP contribution in [0, 0.1) is 12.8 Å². The quantitative estimate of drug-likeness (QED) is 0.890. The molecule has 0 radical (unpaired) electrons. The topological polar surface area (TPSA) is 36.9 Å². The first kappa shape index (κ1) is 14.5. The maximum absolute atomic E-state index is 5.86. The van der Waals surface area contributed by atoms with Crippen molar-refractivity contribution in [3.8, 4) is 0 Å². The van der Waals surface area contributed by atoms with Crippen LogP contribution in [0.25, 0.3) is 0 Å². The van der Waals surface area contributed by atoms with E-state index in [4.69, 9.17) is 4.74 Å². The van der Waals surface area contributed by atoms with Gasteiger partial charge in [-0.15, -0.1) is 0 Å². The first-order valence-electron chi connectivity index (χ1n) is 7.51. The summed E-state index contributed by atoms with van der Waals surface area (Å²) in [6.45, 7) is 8.50. The summed E-state index contributed by atoms with van der Waals surface area (Å²) in [5, 5.41) is 0. The van der Waals surface area contributed by atoms with Gasteiger partial charge >= 0.3 is 0 Å². The second-order valence-electron chi connectivity index (χ2n) is 6.52. The molecule has 0 spiro atoms. The fourth-order valence-corrected chi connectivity index (χ4v) is 3.33. The molecule has 2 rings (SSSR count). The molecule has 1 heterocycles. The first-order valence-corrected chi connectivity index (χ1v) is 7.51. The van der Waals surface area contributed by atoms with Gasteiger partial charge in [0.25, 0.3) is 0 Å². The third kappa shape index (κ3) is 3.80. The monoisotopic (exact) mass is 262 g/mol. The summed E-state index contributed by atoms with van der Waals surface area (Å²) < 4.78 is 5.86. The molecule has 3 N–H and O–H groups in total. The Hall–Kier alpha value is -0.860. The summed E-state index contributed by atoms with van der Waals surface area (Å²) in [7, 11) is 0. The van der Waals surface area contributed by atoms with E-state index >= 15 is 0 Å². The van der Waals surface area contributed by atoms with E-state index in [-0.39, 0.29) is 5.60 Å². The van der Waals surface area contributed by atoms with Crippen LogP contribution in [-0.2, 0) is 4.74 Å². The van der Waals surface area contributed by atoms with E-state index in [2.05, 4.69) is 50.8 Å². The van der Waals surface area contributed by atoms with Gasteiger partial charge in [-0.3, -0.25) is 0 Å². The number of benzene rings is 1. The van der Waals surface area contributed by atoms with Gasteiger partial charge in [-0.05, 0) is 51.0 Å². The predicted molar refractivity (Wildman–Crippen MR) is 79.0 cm³/mol. The molecular weight excluding hydrogens is 234 g/mol. The maximum Gasteiger partial charge on any atom is 0.0745 e. The number of hydrogen-bond donors (Lipinski definition) is 1. The van der Waals surface area contributed by atoms with Crippen LogP contribution in [0.5, 0.6) is 0 Å². The molecule has 1 aromatic carbocycles. The Bertz CT molecular complexity index is 396. The fourth-order valence-electron chi connectivity index (χ4n) is 3.33. The minimum absolute atomic E-state index is 0.0348. The molecule has 1 aliphatic heterocycles. The highest BCUT2D eigenvalue weighted by atomic mass is 16.5. The summed E-state index contributed by atoms with van der Waals surface area (Å²) in [5.41, 5.74) is 6.92. The Morgan fingerprint density at radius 3 is 2.58 bits per heavy atom. The van der Waals surface area contributed by atoms with Crippen molar-refractivity contribution in [1.82, 2.24) is 0 Å². The molecule has 0 aliphatic carbocycles. The lowest BCUT2D eigenvalue weighted by Crippen LogP contribution is -2.51. The van der Waals surface area contributed by atoms with Crippen LogP contribution in [0.2, 0.25) is 0 Å². The average molecular weight is 262 g/mol. The molecule has 0 aromatic heterocycles. The predicted octanol–water partition coefficient (Wildman–Crippen LogP) is 2.92. The summed E-state index contributed by atoms with van der Waals surface area (Å²) in [6.07, 6.45) is 3.53. The lowest BCUT2D eigenvalue weighted by Gasteiger charge is -2.39. The molecule has 1 aliphatic rings. The van der Waals surface area contributed by atoms with Crippen LogP contribution in [0.1, 0.15) is 50.2 Å². The molecule has 106 valence electrons. The molecule has 0 amide bonds. The summed E-state index contributed by atoms with van der Waals surface area (Å²) in [6, 6.07) is 9.07. The minimum Gasteiger partial charge on any atom is -0.376 e. The van der Waals surface area contributed by atoms with E-state index in [1.165, 1.54) is 24.0 Å². The van der Waals surface area contributed by atoms with Crippen LogP contribution < -0.4 is 5.73 Å². The molecular formula is C17H28NO+. The zero-order chi connectivity index (χ0) is 13.9. The van der Waals surface area contributed by atoms with Gasteiger partial charge < -0.3 is 10.5 Å². The minimum atomic E-state index is 0.0348. The van der Waals surface area contributed by atoms with E-state index in [0.717, 1.165) is 25.5 Å². The standard InChI is InChI=1S/C17H27NO/c1-13-4-6-14(7-5-13)16(8-10-18)15-9-11-19-17(2,3)12-15/h4-7,15-16H,8-12,18H2,1-3H3/p+1/t15-,16+/m0/s1. The van der Waals surface area contributed by atoms with Crippen LogP contribution in [0.4, 0.5) is 0 Å². The Balaban J connectivity index is 2.17. The number of hydrogen-bond acceptors (Lipinski definition) is 1. The lowest BCUT2D eigenvalue weighted by atomic mass is 9.75. The smallest absolute Gasteiger partial charge is 0.0745 e. The van der Waals surface area contributed by atoms with Gasteiger partial charge in [-0.2, -0.15) is 0 Å². The van der Waals surface area contributed by atoms with Crippen molar-refractivity contribution < 1.29 is 10.5 Å². The second kappa shape index (κ2) is 6.06. The molecule has 0 unspecified atom stereocenters. The first-order chi connectivity index (χ1) is 9.02. The molecule has 2 atom stereocenters. The molecule has 1 aromatic rings. The molecule has 0 saturated carbocycles. The van der Waals surface area contributed by atoms with Gasteiger partial charge in [0.1, 0.15) is 0 Å². The highest BCUT2D eigenvalue weighted by Gasteiger charge is 2.33. The zero-order valence-electron chi connectivity index (χ0n) is 12.6. The van der Waals surface area contributed by atoms with Crippen molar-refractivity contribution in [1.29, 1.82) is 0 Å². The number of rotatable bonds is 4. The van der Waals surface area contributed by atoms with E-state index < -0.39 is 0 Å². The Labute approximate surface area is 117 Å². The third-order valence-corrected chi connectivity index (χ3v) is 4.32. The van der Waals surface area contributed by atoms with Crippen LogP contribution >= 0.6 is 0 Å². The van der Waals surface area contributed by atoms with Crippen LogP contribution in [0.3, 0.4) is 0 Å². The van der Waals surface area contributed by atoms with Gasteiger partial charge in [0.2, 0.25) is 0 Å². The molecule has 0 bridgehead atoms. The van der Waals surface area contributed by atoms with Crippen molar-refractivity contribution in [3.05, 3.63) is 35.4 Å². The fraction of sp³-hybridized carbons (Fsp3) is 0.647. The van der Waals surface area contributed by atoms with Crippen LogP contribution in [-0.4, -0.2) is 18.8 Å². The highest BCUT2D eigenvalue weighted by Crippen LogP contribution is 2.39. The normalized spacial score (nSPS) is 24.1. The van der Waals surface area contributed by atoms with Crippen molar-refractivity contribution in [2.24, 2.45) is 5.92 Å². The zero-order valence-corrected chi connectivity index (χ0v) is 12.6. The van der Waals surface area contributed by atoms with Gasteiger partial charge in [0.15, 0.2) is 0 Å². The van der Waals surface area contributed by atoms with Gasteiger partial charge in [0, 0.05) is 13.0 Å². The van der Waals surface area contributed by atoms with E-state index in [1.807, 2.05) is 0 Å². The molecule has 2 nitrogen and oxygen atoms in total. The van der Waals surface area contributed by atoms with Gasteiger partial charge in [-0.25, -0.2) is 0 Å². The number of aryl methyl sites for hydroxylation is 1. The van der Waals surface area contributed by atoms with E-state index in [0.29, 0.717) is 5.92 Å². The third-order valence-electron chi connectivity index (χ3n) is 4.32. The average Bonchev–Trinajstić information content (AvgIpc) is 2.36. The van der Waals surface area contributed by atoms with Crippen LogP contribution in [0.15, 0.2) is 24.3 Å². The number of quaternary nitrogens is 1. The Morgan fingerprint density at radius 1 is 1.32 bits per heavy atom. The molecule has 1 fully saturated rings. The van der Waals surface area contributed by atoms with E-state index in [1.54, 1.807) is 0 Å². The SMILES string of the molecule is Cc1ccc([C@@H](CC[NH3+])[C@H]2CCOC(C)(C)C2)cc1. The summed E-state index contributed by atoms with van der Waals surface area (Å²) in [4.78, 5) is 0. The Kier molecular flexibility index (Phi) is 4.64. The van der Waals surface area contributed by atoms with Crippen molar-refractivity contribution in [3.63, 3.8) is 0 Å². The lowest BCUT2D eigenvalue weighted by molar-refractivity contribution is -0.369. The second-order valence-corrected chi connectivity index (χ2v) is 6.52. The maximum atomic E-state index is 5.86.